The van der Waals surface area contributed by atoms with Crippen LogP contribution in [-0.4, -0.2) is 30.2 Å². The minimum atomic E-state index is -0.909. The van der Waals surface area contributed by atoms with Crippen LogP contribution < -0.4 is 11.2 Å². The van der Waals surface area contributed by atoms with E-state index in [0.717, 1.165) is 15.8 Å². The van der Waals surface area contributed by atoms with Crippen molar-refractivity contribution in [3.05, 3.63) is 75.4 Å². The molecule has 0 saturated carbocycles. The van der Waals surface area contributed by atoms with E-state index in [1.807, 2.05) is 48.5 Å². The molecule has 0 aliphatic carbocycles. The number of benzene rings is 2. The van der Waals surface area contributed by atoms with Gasteiger partial charge in [0.05, 0.1) is 11.0 Å². The Bertz CT molecular complexity index is 1280. The highest BCUT2D eigenvalue weighted by Crippen LogP contribution is 2.24. The SMILES string of the molecule is O=C(O)CCCCn1c(=O)nc2n(-c3ccccc3)c3ccccc3nc-2c1=O. The van der Waals surface area contributed by atoms with Gasteiger partial charge in [0, 0.05) is 18.7 Å². The standard InChI is InChI=1S/C21H18N4O4/c26-17(27)12-6-7-13-24-20(28)18-19(23-21(24)29)25(14-8-2-1-3-9-14)16-11-5-4-10-15(16)22-18/h1-5,8-11H,6-7,12-13H2,(H,26,27). The highest BCUT2D eigenvalue weighted by molar-refractivity contribution is 5.81. The zero-order chi connectivity index (χ0) is 20.4. The normalized spacial score (nSPS) is 11.2. The maximum Gasteiger partial charge on any atom is 0.352 e. The molecule has 0 radical (unpaired) electrons. The van der Waals surface area contributed by atoms with E-state index in [1.54, 1.807) is 10.6 Å². The molecular formula is C21H18N4O4. The van der Waals surface area contributed by atoms with Crippen LogP contribution in [0.2, 0.25) is 0 Å². The molecule has 2 aromatic carbocycles. The first-order chi connectivity index (χ1) is 14.1. The molecule has 0 amide bonds. The average Bonchev–Trinajstić information content (AvgIpc) is 2.72. The quantitative estimate of drug-likeness (QED) is 0.400. The van der Waals surface area contributed by atoms with Crippen LogP contribution in [0.15, 0.2) is 64.2 Å². The number of fused-ring (bicyclic) bond motifs is 2. The van der Waals surface area contributed by atoms with Gasteiger partial charge in [0.2, 0.25) is 0 Å². The second kappa shape index (κ2) is 7.67. The fraction of sp³-hybridized carbons (Fsp3) is 0.190. The molecule has 0 unspecified atom stereocenters. The third-order valence-corrected chi connectivity index (χ3v) is 4.70. The molecule has 4 rings (SSSR count). The smallest absolute Gasteiger partial charge is 0.352 e. The van der Waals surface area contributed by atoms with Crippen molar-refractivity contribution in [2.75, 3.05) is 0 Å². The van der Waals surface area contributed by atoms with Gasteiger partial charge >= 0.3 is 11.7 Å². The lowest BCUT2D eigenvalue weighted by Crippen LogP contribution is -2.38. The van der Waals surface area contributed by atoms with E-state index in [4.69, 9.17) is 5.11 Å². The molecule has 1 N–H and O–H groups in total. The first-order valence-corrected chi connectivity index (χ1v) is 9.26. The lowest BCUT2D eigenvalue weighted by molar-refractivity contribution is -0.137. The Labute approximate surface area is 165 Å². The number of carbonyl (C=O) groups is 1. The van der Waals surface area contributed by atoms with Crippen LogP contribution in [0.1, 0.15) is 19.3 Å². The molecule has 0 bridgehead atoms. The molecular weight excluding hydrogens is 372 g/mol. The van der Waals surface area contributed by atoms with E-state index in [0.29, 0.717) is 18.4 Å². The Kier molecular flexibility index (Phi) is 4.90. The van der Waals surface area contributed by atoms with Crippen LogP contribution in [0.5, 0.6) is 0 Å². The van der Waals surface area contributed by atoms with Crippen molar-refractivity contribution >= 4 is 17.0 Å². The van der Waals surface area contributed by atoms with Gasteiger partial charge in [-0.2, -0.15) is 4.98 Å². The summed E-state index contributed by atoms with van der Waals surface area (Å²) in [6, 6.07) is 16.7. The van der Waals surface area contributed by atoms with Crippen LogP contribution >= 0.6 is 0 Å². The monoisotopic (exact) mass is 390 g/mol. The minimum Gasteiger partial charge on any atom is -0.481 e. The summed E-state index contributed by atoms with van der Waals surface area (Å²) in [5.41, 5.74) is 1.02. The van der Waals surface area contributed by atoms with Crippen molar-refractivity contribution in [1.29, 1.82) is 0 Å². The summed E-state index contributed by atoms with van der Waals surface area (Å²) < 4.78 is 2.79. The molecule has 0 spiro atoms. The van der Waals surface area contributed by atoms with Gasteiger partial charge in [0.1, 0.15) is 0 Å². The van der Waals surface area contributed by atoms with Gasteiger partial charge in [-0.15, -0.1) is 0 Å². The molecule has 2 aromatic rings. The Morgan fingerprint density at radius 1 is 0.931 bits per heavy atom. The Balaban J connectivity index is 1.92. The van der Waals surface area contributed by atoms with Crippen LogP contribution in [0.25, 0.3) is 28.2 Å². The van der Waals surface area contributed by atoms with Gasteiger partial charge < -0.3 is 5.11 Å². The predicted molar refractivity (Wildman–Crippen MR) is 108 cm³/mol. The van der Waals surface area contributed by atoms with Gasteiger partial charge in [0.15, 0.2) is 11.5 Å². The summed E-state index contributed by atoms with van der Waals surface area (Å²) in [7, 11) is 0. The second-order valence-corrected chi connectivity index (χ2v) is 6.65. The van der Waals surface area contributed by atoms with Crippen molar-refractivity contribution in [2.24, 2.45) is 0 Å². The van der Waals surface area contributed by atoms with E-state index >= 15 is 0 Å². The molecule has 29 heavy (non-hydrogen) atoms. The van der Waals surface area contributed by atoms with E-state index < -0.39 is 17.2 Å². The number of nitrogens with zero attached hydrogens (tertiary/aromatic N) is 4. The highest BCUT2D eigenvalue weighted by atomic mass is 16.4. The third-order valence-electron chi connectivity index (χ3n) is 4.70. The lowest BCUT2D eigenvalue weighted by Gasteiger charge is -2.17. The summed E-state index contributed by atoms with van der Waals surface area (Å²) in [6.07, 6.45) is 0.746. The first-order valence-electron chi connectivity index (χ1n) is 9.26. The molecule has 0 fully saturated rings. The summed E-state index contributed by atoms with van der Waals surface area (Å²) in [4.78, 5) is 44.9. The number of aliphatic carboxylic acids is 1. The van der Waals surface area contributed by atoms with Crippen molar-refractivity contribution in [1.82, 2.24) is 19.1 Å². The molecule has 2 aliphatic heterocycles. The Hall–Kier alpha value is -3.81. The summed E-state index contributed by atoms with van der Waals surface area (Å²) in [5.74, 6) is -0.708. The van der Waals surface area contributed by atoms with E-state index in [-0.39, 0.29) is 24.5 Å². The van der Waals surface area contributed by atoms with Gasteiger partial charge in [-0.3, -0.25) is 18.7 Å². The molecule has 0 atom stereocenters. The van der Waals surface area contributed by atoms with Gasteiger partial charge in [-0.25, -0.2) is 9.78 Å². The second-order valence-electron chi connectivity index (χ2n) is 6.65. The number of hydrogen-bond acceptors (Lipinski definition) is 5. The topological polar surface area (TPSA) is 107 Å². The van der Waals surface area contributed by atoms with E-state index in [2.05, 4.69) is 9.97 Å². The highest BCUT2D eigenvalue weighted by Gasteiger charge is 2.22. The molecule has 146 valence electrons. The third kappa shape index (κ3) is 3.52. The van der Waals surface area contributed by atoms with Crippen molar-refractivity contribution in [3.63, 3.8) is 0 Å². The Morgan fingerprint density at radius 3 is 2.41 bits per heavy atom. The number of rotatable bonds is 6. The number of aromatic nitrogens is 4. The van der Waals surface area contributed by atoms with Crippen molar-refractivity contribution in [2.45, 2.75) is 25.8 Å². The predicted octanol–water partition coefficient (Wildman–Crippen LogP) is 2.30. The molecule has 2 heterocycles. The van der Waals surface area contributed by atoms with Crippen molar-refractivity contribution in [3.8, 4) is 17.2 Å². The number of para-hydroxylation sites is 3. The summed E-state index contributed by atoms with van der Waals surface area (Å²) in [6.45, 7) is 0.105. The van der Waals surface area contributed by atoms with Crippen LogP contribution in [-0.2, 0) is 11.3 Å². The molecule has 8 heteroatoms. The fourth-order valence-corrected chi connectivity index (χ4v) is 3.33. The van der Waals surface area contributed by atoms with Crippen LogP contribution in [0, 0.1) is 0 Å². The van der Waals surface area contributed by atoms with Gasteiger partial charge in [-0.05, 0) is 37.1 Å². The number of carboxylic acids is 1. The first kappa shape index (κ1) is 18.5. The van der Waals surface area contributed by atoms with E-state index in [1.165, 1.54) is 0 Å². The van der Waals surface area contributed by atoms with Gasteiger partial charge in [-0.1, -0.05) is 30.3 Å². The van der Waals surface area contributed by atoms with Crippen LogP contribution in [0.4, 0.5) is 0 Å². The largest absolute Gasteiger partial charge is 0.481 e. The molecule has 0 aromatic heterocycles. The maximum absolute atomic E-state index is 13.0. The number of hydrogen-bond donors (Lipinski definition) is 1. The zero-order valence-electron chi connectivity index (χ0n) is 15.5. The molecule has 8 nitrogen and oxygen atoms in total. The van der Waals surface area contributed by atoms with Gasteiger partial charge in [0.25, 0.3) is 5.56 Å². The van der Waals surface area contributed by atoms with Crippen molar-refractivity contribution < 1.29 is 9.90 Å². The van der Waals surface area contributed by atoms with E-state index in [9.17, 15) is 14.4 Å². The molecule has 2 aliphatic rings. The molecule has 0 saturated heterocycles. The fourth-order valence-electron chi connectivity index (χ4n) is 3.33. The zero-order valence-corrected chi connectivity index (χ0v) is 15.5. The summed E-state index contributed by atoms with van der Waals surface area (Å²) in [5, 5.41) is 8.75. The van der Waals surface area contributed by atoms with Crippen LogP contribution in [0.3, 0.4) is 0 Å². The Morgan fingerprint density at radius 2 is 1.66 bits per heavy atom. The average molecular weight is 390 g/mol. The minimum absolute atomic E-state index is 0.0131. The maximum atomic E-state index is 13.0. The lowest BCUT2D eigenvalue weighted by atomic mass is 10.2. The number of unbranched alkanes of at least 4 members (excludes halogenated alkanes) is 1. The summed E-state index contributed by atoms with van der Waals surface area (Å²) >= 11 is 0. The number of carboxylic acid groups (broad SMARTS) is 1.